The lowest BCUT2D eigenvalue weighted by molar-refractivity contribution is -0.132. The molecule has 34 heavy (non-hydrogen) atoms. The number of carbonyl (C=O) groups excluding carboxylic acids is 1. The smallest absolute Gasteiger partial charge is 0.243 e. The highest BCUT2D eigenvalue weighted by Crippen LogP contribution is 2.23. The summed E-state index contributed by atoms with van der Waals surface area (Å²) >= 11 is 5.01. The van der Waals surface area contributed by atoms with Gasteiger partial charge in [0.25, 0.3) is 0 Å². The molecule has 0 aliphatic carbocycles. The fourth-order valence-electron chi connectivity index (χ4n) is 3.53. The van der Waals surface area contributed by atoms with Gasteiger partial charge in [0.15, 0.2) is 0 Å². The third-order valence-corrected chi connectivity index (χ3v) is 9.03. The summed E-state index contributed by atoms with van der Waals surface area (Å²) in [6, 6.07) is 20.4. The fraction of sp³-hybridized carbons (Fsp3) is 0.346. The number of hydrogen-bond donors (Lipinski definition) is 0. The zero-order chi connectivity index (χ0) is 24.7. The van der Waals surface area contributed by atoms with Crippen molar-refractivity contribution in [3.63, 3.8) is 0 Å². The van der Waals surface area contributed by atoms with Gasteiger partial charge >= 0.3 is 0 Å². The van der Waals surface area contributed by atoms with E-state index in [1.165, 1.54) is 9.18 Å². The van der Waals surface area contributed by atoms with Crippen molar-refractivity contribution in [2.75, 3.05) is 13.1 Å². The molecular weight excluding hydrogens is 532 g/mol. The number of halogens is 1. The van der Waals surface area contributed by atoms with Crippen molar-refractivity contribution in [3.8, 4) is 0 Å². The van der Waals surface area contributed by atoms with Crippen LogP contribution < -0.4 is 0 Å². The van der Waals surface area contributed by atoms with E-state index in [1.807, 2.05) is 63.2 Å². The SMILES string of the molecule is CCC(C)CN(CC(=O)N(Cc1ccccc1)Cc1ccc(C)s1)S(=O)(=O)c1ccc(Br)cc1. The van der Waals surface area contributed by atoms with Crippen molar-refractivity contribution in [2.45, 2.75) is 45.2 Å². The van der Waals surface area contributed by atoms with Crippen LogP contribution in [0.25, 0.3) is 0 Å². The molecule has 182 valence electrons. The number of hydrogen-bond acceptors (Lipinski definition) is 4. The molecule has 3 rings (SSSR count). The van der Waals surface area contributed by atoms with Crippen LogP contribution in [-0.2, 0) is 27.9 Å². The van der Waals surface area contributed by atoms with E-state index in [-0.39, 0.29) is 29.8 Å². The van der Waals surface area contributed by atoms with Gasteiger partial charge in [-0.25, -0.2) is 8.42 Å². The average Bonchev–Trinajstić information content (AvgIpc) is 3.23. The maximum atomic E-state index is 13.6. The number of nitrogens with zero attached hydrogens (tertiary/aromatic N) is 2. The fourth-order valence-corrected chi connectivity index (χ4v) is 6.20. The molecular formula is C26H31BrN2O3S2. The van der Waals surface area contributed by atoms with Crippen LogP contribution >= 0.6 is 27.3 Å². The molecule has 5 nitrogen and oxygen atoms in total. The summed E-state index contributed by atoms with van der Waals surface area (Å²) in [5.74, 6) is -0.0839. The Hall–Kier alpha value is -2.00. The summed E-state index contributed by atoms with van der Waals surface area (Å²) < 4.78 is 29.2. The molecule has 0 aliphatic heterocycles. The summed E-state index contributed by atoms with van der Waals surface area (Å²) in [5.41, 5.74) is 1.01. The van der Waals surface area contributed by atoms with Gasteiger partial charge < -0.3 is 4.90 Å². The van der Waals surface area contributed by atoms with Crippen LogP contribution in [0.4, 0.5) is 0 Å². The first kappa shape index (κ1) is 26.6. The van der Waals surface area contributed by atoms with Crippen LogP contribution in [0, 0.1) is 12.8 Å². The average molecular weight is 564 g/mol. The molecule has 0 spiro atoms. The van der Waals surface area contributed by atoms with E-state index in [2.05, 4.69) is 15.9 Å². The summed E-state index contributed by atoms with van der Waals surface area (Å²) in [6.45, 7) is 7.03. The predicted molar refractivity (Wildman–Crippen MR) is 142 cm³/mol. The Morgan fingerprint density at radius 3 is 2.26 bits per heavy atom. The number of thiophene rings is 1. The predicted octanol–water partition coefficient (Wildman–Crippen LogP) is 6.08. The standard InChI is InChI=1S/C26H31BrN2O3S2/c1-4-20(2)16-29(34(31,32)25-14-11-23(27)12-15-25)19-26(30)28(17-22-8-6-5-7-9-22)18-24-13-10-21(3)33-24/h5-15,20H,4,16-19H2,1-3H3. The Balaban J connectivity index is 1.88. The molecule has 0 N–H and O–H groups in total. The van der Waals surface area contributed by atoms with Crippen molar-refractivity contribution >= 4 is 43.2 Å². The van der Waals surface area contributed by atoms with Gasteiger partial charge in [-0.3, -0.25) is 4.79 Å². The molecule has 1 aromatic heterocycles. The zero-order valence-corrected chi connectivity index (χ0v) is 23.0. The monoisotopic (exact) mass is 562 g/mol. The molecule has 0 saturated carbocycles. The largest absolute Gasteiger partial charge is 0.332 e. The number of amides is 1. The number of rotatable bonds is 11. The Labute approximate surface area is 215 Å². The maximum absolute atomic E-state index is 13.6. The van der Waals surface area contributed by atoms with Gasteiger partial charge in [-0.15, -0.1) is 11.3 Å². The molecule has 8 heteroatoms. The molecule has 0 aliphatic rings. The van der Waals surface area contributed by atoms with E-state index in [4.69, 9.17) is 0 Å². The third-order valence-electron chi connectivity index (χ3n) is 5.69. The summed E-state index contributed by atoms with van der Waals surface area (Å²) in [4.78, 5) is 17.8. The number of carbonyl (C=O) groups is 1. The molecule has 1 heterocycles. The van der Waals surface area contributed by atoms with Crippen LogP contribution in [0.3, 0.4) is 0 Å². The molecule has 3 aromatic rings. The Morgan fingerprint density at radius 2 is 1.68 bits per heavy atom. The highest BCUT2D eigenvalue weighted by molar-refractivity contribution is 9.10. The minimum atomic E-state index is -3.83. The van der Waals surface area contributed by atoms with E-state index >= 15 is 0 Å². The lowest BCUT2D eigenvalue weighted by atomic mass is 10.1. The van der Waals surface area contributed by atoms with Gasteiger partial charge in [0, 0.05) is 27.3 Å². The van der Waals surface area contributed by atoms with Crippen LogP contribution in [-0.4, -0.2) is 36.6 Å². The van der Waals surface area contributed by atoms with Gasteiger partial charge in [-0.1, -0.05) is 66.5 Å². The van der Waals surface area contributed by atoms with Gasteiger partial charge in [0.2, 0.25) is 15.9 Å². The molecule has 1 atom stereocenters. The second kappa shape index (κ2) is 12.1. The Kier molecular flexibility index (Phi) is 9.47. The summed E-state index contributed by atoms with van der Waals surface area (Å²) in [5, 5.41) is 0. The summed E-state index contributed by atoms with van der Waals surface area (Å²) in [6.07, 6.45) is 0.822. The molecule has 0 radical (unpaired) electrons. The molecule has 0 bridgehead atoms. The third kappa shape index (κ3) is 7.25. The number of sulfonamides is 1. The van der Waals surface area contributed by atoms with Gasteiger partial charge in [-0.2, -0.15) is 4.31 Å². The van der Waals surface area contributed by atoms with Gasteiger partial charge in [0.1, 0.15) is 0 Å². The minimum Gasteiger partial charge on any atom is -0.332 e. The molecule has 2 aromatic carbocycles. The van der Waals surface area contributed by atoms with Crippen molar-refractivity contribution < 1.29 is 13.2 Å². The Morgan fingerprint density at radius 1 is 1.00 bits per heavy atom. The summed E-state index contributed by atoms with van der Waals surface area (Å²) in [7, 11) is -3.83. The highest BCUT2D eigenvalue weighted by atomic mass is 79.9. The van der Waals surface area contributed by atoms with Crippen LogP contribution in [0.1, 0.15) is 35.6 Å². The van der Waals surface area contributed by atoms with E-state index in [9.17, 15) is 13.2 Å². The quantitative estimate of drug-likeness (QED) is 0.284. The van der Waals surface area contributed by atoms with Gasteiger partial charge in [-0.05, 0) is 54.8 Å². The minimum absolute atomic E-state index is 0.126. The lowest BCUT2D eigenvalue weighted by Crippen LogP contribution is -2.44. The van der Waals surface area contributed by atoms with Crippen molar-refractivity contribution in [1.82, 2.24) is 9.21 Å². The van der Waals surface area contributed by atoms with E-state index in [0.717, 1.165) is 21.3 Å². The second-order valence-electron chi connectivity index (χ2n) is 8.51. The van der Waals surface area contributed by atoms with E-state index in [1.54, 1.807) is 40.5 Å². The maximum Gasteiger partial charge on any atom is 0.243 e. The topological polar surface area (TPSA) is 57.7 Å². The lowest BCUT2D eigenvalue weighted by Gasteiger charge is -2.28. The van der Waals surface area contributed by atoms with Crippen molar-refractivity contribution in [3.05, 3.63) is 86.5 Å². The van der Waals surface area contributed by atoms with E-state index in [0.29, 0.717) is 13.1 Å². The van der Waals surface area contributed by atoms with Gasteiger partial charge in [0.05, 0.1) is 18.0 Å². The normalized spacial score (nSPS) is 12.6. The van der Waals surface area contributed by atoms with E-state index < -0.39 is 10.0 Å². The zero-order valence-electron chi connectivity index (χ0n) is 19.8. The van der Waals surface area contributed by atoms with Crippen LogP contribution in [0.5, 0.6) is 0 Å². The second-order valence-corrected chi connectivity index (χ2v) is 12.7. The van der Waals surface area contributed by atoms with Crippen molar-refractivity contribution in [2.24, 2.45) is 5.92 Å². The van der Waals surface area contributed by atoms with Crippen LogP contribution in [0.15, 0.2) is 76.1 Å². The number of benzene rings is 2. The molecule has 1 amide bonds. The Bertz CT molecular complexity index is 1180. The molecule has 1 unspecified atom stereocenters. The van der Waals surface area contributed by atoms with Crippen LogP contribution in [0.2, 0.25) is 0 Å². The molecule has 0 fully saturated rings. The van der Waals surface area contributed by atoms with Crippen molar-refractivity contribution in [1.29, 1.82) is 0 Å². The number of aryl methyl sites for hydroxylation is 1. The first-order valence-electron chi connectivity index (χ1n) is 11.3. The molecule has 0 saturated heterocycles. The first-order chi connectivity index (χ1) is 16.2. The highest BCUT2D eigenvalue weighted by Gasteiger charge is 2.29. The first-order valence-corrected chi connectivity index (χ1v) is 14.4.